The maximum Gasteiger partial charge on any atom is 0.0865 e. The first-order valence-corrected chi connectivity index (χ1v) is 5.52. The van der Waals surface area contributed by atoms with Crippen molar-refractivity contribution in [2.24, 2.45) is 11.3 Å². The van der Waals surface area contributed by atoms with E-state index in [1.807, 2.05) is 0 Å². The van der Waals surface area contributed by atoms with Gasteiger partial charge in [0.1, 0.15) is 0 Å². The van der Waals surface area contributed by atoms with E-state index in [0.29, 0.717) is 18.0 Å². The van der Waals surface area contributed by atoms with Gasteiger partial charge in [-0.15, -0.1) is 0 Å². The summed E-state index contributed by atoms with van der Waals surface area (Å²) in [6.07, 6.45) is 3.81. The van der Waals surface area contributed by atoms with Crippen molar-refractivity contribution in [1.29, 1.82) is 5.26 Å². The van der Waals surface area contributed by atoms with Gasteiger partial charge in [0.05, 0.1) is 12.6 Å². The Labute approximate surface area is 87.9 Å². The summed E-state index contributed by atoms with van der Waals surface area (Å²) >= 11 is 0. The molecule has 1 saturated carbocycles. The van der Waals surface area contributed by atoms with E-state index in [1.165, 1.54) is 19.3 Å². The lowest BCUT2D eigenvalue weighted by atomic mass is 9.70. The van der Waals surface area contributed by atoms with Crippen LogP contribution in [0.3, 0.4) is 0 Å². The second-order valence-electron chi connectivity index (χ2n) is 5.64. The summed E-state index contributed by atoms with van der Waals surface area (Å²) in [6.45, 7) is 7.58. The molecule has 0 radical (unpaired) electrons. The summed E-state index contributed by atoms with van der Waals surface area (Å²) in [5, 5.41) is 8.67. The van der Waals surface area contributed by atoms with E-state index in [4.69, 9.17) is 5.26 Å². The minimum atomic E-state index is 0.450. The molecule has 2 unspecified atom stereocenters. The minimum absolute atomic E-state index is 0.450. The Kier molecular flexibility index (Phi) is 3.55. The molecule has 0 saturated heterocycles. The fraction of sp³-hybridized carbons (Fsp3) is 0.917. The summed E-state index contributed by atoms with van der Waals surface area (Å²) in [5.41, 5.74) is 0.450. The molecule has 0 bridgehead atoms. The molecule has 0 aliphatic heterocycles. The molecule has 0 aromatic carbocycles. The Morgan fingerprint density at radius 3 is 2.57 bits per heavy atom. The zero-order valence-electron chi connectivity index (χ0n) is 9.88. The summed E-state index contributed by atoms with van der Waals surface area (Å²) < 4.78 is 0. The van der Waals surface area contributed by atoms with Gasteiger partial charge in [0.25, 0.3) is 0 Å². The van der Waals surface area contributed by atoms with Crippen molar-refractivity contribution in [3.8, 4) is 6.07 Å². The lowest BCUT2D eigenvalue weighted by Gasteiger charge is -2.42. The molecule has 14 heavy (non-hydrogen) atoms. The molecule has 0 N–H and O–H groups in total. The number of rotatable bonds is 2. The summed E-state index contributed by atoms with van der Waals surface area (Å²) in [4.78, 5) is 2.21. The van der Waals surface area contributed by atoms with Gasteiger partial charge >= 0.3 is 0 Å². The Bertz CT molecular complexity index is 227. The van der Waals surface area contributed by atoms with Crippen LogP contribution in [-0.4, -0.2) is 24.5 Å². The third kappa shape index (κ3) is 2.99. The first-order chi connectivity index (χ1) is 6.44. The molecule has 1 aliphatic rings. The van der Waals surface area contributed by atoms with Crippen LogP contribution in [0.2, 0.25) is 0 Å². The lowest BCUT2D eigenvalue weighted by Crippen LogP contribution is -2.41. The van der Waals surface area contributed by atoms with Crippen LogP contribution in [-0.2, 0) is 0 Å². The molecule has 0 amide bonds. The molecule has 2 nitrogen and oxygen atoms in total. The summed E-state index contributed by atoms with van der Waals surface area (Å²) in [7, 11) is 2.07. The average molecular weight is 194 g/mol. The van der Waals surface area contributed by atoms with Crippen molar-refractivity contribution in [2.75, 3.05) is 13.6 Å². The van der Waals surface area contributed by atoms with Crippen LogP contribution >= 0.6 is 0 Å². The maximum absolute atomic E-state index is 8.67. The van der Waals surface area contributed by atoms with Crippen molar-refractivity contribution in [3.63, 3.8) is 0 Å². The number of nitrogens with zero attached hydrogens (tertiary/aromatic N) is 2. The fourth-order valence-corrected chi connectivity index (χ4v) is 2.87. The van der Waals surface area contributed by atoms with Crippen LogP contribution < -0.4 is 0 Å². The monoisotopic (exact) mass is 194 g/mol. The highest BCUT2D eigenvalue weighted by atomic mass is 15.1. The molecule has 0 aromatic rings. The van der Waals surface area contributed by atoms with Gasteiger partial charge in [0.2, 0.25) is 0 Å². The van der Waals surface area contributed by atoms with E-state index in [-0.39, 0.29) is 0 Å². The SMILES string of the molecule is CC1CC(N(C)CC#N)CC(C)(C)C1. The van der Waals surface area contributed by atoms with E-state index in [9.17, 15) is 0 Å². The Balaban J connectivity index is 2.58. The molecule has 0 heterocycles. The molecular formula is C12H22N2. The Hall–Kier alpha value is -0.550. The Morgan fingerprint density at radius 1 is 1.43 bits per heavy atom. The van der Waals surface area contributed by atoms with Gasteiger partial charge in [0.15, 0.2) is 0 Å². The molecular weight excluding hydrogens is 172 g/mol. The highest BCUT2D eigenvalue weighted by Gasteiger charge is 2.33. The highest BCUT2D eigenvalue weighted by Crippen LogP contribution is 2.39. The summed E-state index contributed by atoms with van der Waals surface area (Å²) in [5.74, 6) is 0.796. The van der Waals surface area contributed by atoms with Gasteiger partial charge in [-0.2, -0.15) is 5.26 Å². The van der Waals surface area contributed by atoms with Crippen LogP contribution in [0, 0.1) is 22.7 Å². The quantitative estimate of drug-likeness (QED) is 0.632. The molecule has 1 aliphatic carbocycles. The lowest BCUT2D eigenvalue weighted by molar-refractivity contribution is 0.0904. The number of hydrogen-bond acceptors (Lipinski definition) is 2. The molecule has 80 valence electrons. The smallest absolute Gasteiger partial charge is 0.0865 e. The zero-order valence-corrected chi connectivity index (χ0v) is 9.88. The van der Waals surface area contributed by atoms with Gasteiger partial charge < -0.3 is 0 Å². The topological polar surface area (TPSA) is 27.0 Å². The number of nitriles is 1. The third-order valence-electron chi connectivity index (χ3n) is 3.31. The van der Waals surface area contributed by atoms with Crippen molar-refractivity contribution in [3.05, 3.63) is 0 Å². The van der Waals surface area contributed by atoms with Gasteiger partial charge in [0, 0.05) is 6.04 Å². The van der Waals surface area contributed by atoms with E-state index in [2.05, 4.69) is 38.8 Å². The van der Waals surface area contributed by atoms with Crippen LogP contribution in [0.15, 0.2) is 0 Å². The standard InChI is InChI=1S/C12H22N2/c1-10-7-11(14(4)6-5-13)9-12(2,3)8-10/h10-11H,6-9H2,1-4H3. The molecule has 0 spiro atoms. The molecule has 2 atom stereocenters. The van der Waals surface area contributed by atoms with Crippen molar-refractivity contribution in [1.82, 2.24) is 4.90 Å². The normalized spacial score (nSPS) is 31.4. The molecule has 2 heteroatoms. The van der Waals surface area contributed by atoms with Crippen LogP contribution in [0.5, 0.6) is 0 Å². The predicted octanol–water partition coefficient (Wildman–Crippen LogP) is 2.66. The first-order valence-electron chi connectivity index (χ1n) is 5.52. The number of hydrogen-bond donors (Lipinski definition) is 0. The second kappa shape index (κ2) is 4.31. The van der Waals surface area contributed by atoms with E-state index in [1.54, 1.807) is 0 Å². The van der Waals surface area contributed by atoms with Crippen LogP contribution in [0.25, 0.3) is 0 Å². The third-order valence-corrected chi connectivity index (χ3v) is 3.31. The summed E-state index contributed by atoms with van der Waals surface area (Å²) in [6, 6.07) is 2.84. The van der Waals surface area contributed by atoms with Crippen molar-refractivity contribution >= 4 is 0 Å². The van der Waals surface area contributed by atoms with Gasteiger partial charge in [-0.3, -0.25) is 4.90 Å². The Morgan fingerprint density at radius 2 is 2.07 bits per heavy atom. The van der Waals surface area contributed by atoms with Crippen LogP contribution in [0.1, 0.15) is 40.0 Å². The molecule has 0 aromatic heterocycles. The second-order valence-corrected chi connectivity index (χ2v) is 5.64. The predicted molar refractivity (Wildman–Crippen MR) is 58.8 cm³/mol. The first kappa shape index (κ1) is 11.5. The maximum atomic E-state index is 8.67. The van der Waals surface area contributed by atoms with Gasteiger partial charge in [-0.05, 0) is 37.6 Å². The van der Waals surface area contributed by atoms with Crippen LogP contribution in [0.4, 0.5) is 0 Å². The largest absolute Gasteiger partial charge is 0.291 e. The highest BCUT2D eigenvalue weighted by molar-refractivity contribution is 4.89. The van der Waals surface area contributed by atoms with Gasteiger partial charge in [-0.25, -0.2) is 0 Å². The van der Waals surface area contributed by atoms with Gasteiger partial charge in [-0.1, -0.05) is 20.8 Å². The molecule has 1 fully saturated rings. The van der Waals surface area contributed by atoms with Crippen molar-refractivity contribution < 1.29 is 0 Å². The zero-order chi connectivity index (χ0) is 10.8. The molecule has 1 rings (SSSR count). The average Bonchev–Trinajstić information content (AvgIpc) is 2.00. The fourth-order valence-electron chi connectivity index (χ4n) is 2.87. The minimum Gasteiger partial charge on any atom is -0.291 e. The van der Waals surface area contributed by atoms with E-state index < -0.39 is 0 Å². The van der Waals surface area contributed by atoms with E-state index >= 15 is 0 Å². The van der Waals surface area contributed by atoms with Crippen molar-refractivity contribution in [2.45, 2.75) is 46.1 Å². The van der Waals surface area contributed by atoms with E-state index in [0.717, 1.165) is 5.92 Å².